The van der Waals surface area contributed by atoms with Crippen LogP contribution in [0.5, 0.6) is 11.5 Å². The molecule has 0 bridgehead atoms. The molecular formula is C14H18O3. The molecule has 1 rings (SSSR count). The molecule has 0 aliphatic rings. The van der Waals surface area contributed by atoms with Gasteiger partial charge < -0.3 is 14.6 Å². The minimum absolute atomic E-state index is 0.0357. The zero-order valence-electron chi connectivity index (χ0n) is 10.3. The maximum Gasteiger partial charge on any atom is 0.127 e. The van der Waals surface area contributed by atoms with Gasteiger partial charge in [-0.05, 0) is 19.1 Å². The van der Waals surface area contributed by atoms with Crippen LogP contribution in [0.1, 0.15) is 18.1 Å². The third-order valence-corrected chi connectivity index (χ3v) is 2.39. The molecule has 0 amide bonds. The molecule has 0 fully saturated rings. The van der Waals surface area contributed by atoms with E-state index >= 15 is 0 Å². The summed E-state index contributed by atoms with van der Waals surface area (Å²) in [5.74, 6) is 1.39. The van der Waals surface area contributed by atoms with Crippen LogP contribution >= 0.6 is 0 Å². The highest BCUT2D eigenvalue weighted by molar-refractivity contribution is 5.66. The molecule has 1 atom stereocenters. The molecule has 92 valence electrons. The van der Waals surface area contributed by atoms with E-state index in [0.29, 0.717) is 5.75 Å². The second kappa shape index (κ2) is 6.11. The predicted molar refractivity (Wildman–Crippen MR) is 70.4 cm³/mol. The number of benzene rings is 1. The topological polar surface area (TPSA) is 38.7 Å². The standard InChI is InChI=1S/C14H18O3/c1-5-11-8-14(17-10(3)9-15)12(6-2)7-13(11)16-4/h5-8,10,15H,1-2,9H2,3-4H3. The SMILES string of the molecule is C=Cc1cc(OC(C)CO)c(C=C)cc1OC. The van der Waals surface area contributed by atoms with E-state index in [-0.39, 0.29) is 12.7 Å². The Bertz CT molecular complexity index is 410. The molecule has 0 heterocycles. The van der Waals surface area contributed by atoms with E-state index in [1.54, 1.807) is 26.2 Å². The predicted octanol–water partition coefficient (Wildman–Crippen LogP) is 2.74. The third-order valence-electron chi connectivity index (χ3n) is 2.39. The van der Waals surface area contributed by atoms with Gasteiger partial charge >= 0.3 is 0 Å². The van der Waals surface area contributed by atoms with Gasteiger partial charge in [-0.15, -0.1) is 0 Å². The van der Waals surface area contributed by atoms with Crippen LogP contribution in [0.15, 0.2) is 25.3 Å². The van der Waals surface area contributed by atoms with Gasteiger partial charge in [-0.3, -0.25) is 0 Å². The molecule has 0 spiro atoms. The van der Waals surface area contributed by atoms with E-state index < -0.39 is 0 Å². The quantitative estimate of drug-likeness (QED) is 0.822. The van der Waals surface area contributed by atoms with Crippen LogP contribution in [0.4, 0.5) is 0 Å². The summed E-state index contributed by atoms with van der Waals surface area (Å²) in [5.41, 5.74) is 1.67. The molecule has 0 saturated carbocycles. The minimum Gasteiger partial charge on any atom is -0.496 e. The summed E-state index contributed by atoms with van der Waals surface area (Å²) in [6, 6.07) is 3.67. The van der Waals surface area contributed by atoms with Crippen molar-refractivity contribution in [1.29, 1.82) is 0 Å². The van der Waals surface area contributed by atoms with E-state index in [2.05, 4.69) is 13.2 Å². The Morgan fingerprint density at radius 1 is 1.24 bits per heavy atom. The van der Waals surface area contributed by atoms with Gasteiger partial charge in [0.05, 0.1) is 13.7 Å². The van der Waals surface area contributed by atoms with Crippen molar-refractivity contribution < 1.29 is 14.6 Å². The molecule has 0 aliphatic carbocycles. The molecular weight excluding hydrogens is 216 g/mol. The van der Waals surface area contributed by atoms with Gasteiger partial charge in [-0.1, -0.05) is 25.3 Å². The van der Waals surface area contributed by atoms with Crippen LogP contribution in [0, 0.1) is 0 Å². The maximum atomic E-state index is 8.99. The summed E-state index contributed by atoms with van der Waals surface area (Å²) in [4.78, 5) is 0. The van der Waals surface area contributed by atoms with Gasteiger partial charge in [0.15, 0.2) is 0 Å². The first-order valence-corrected chi connectivity index (χ1v) is 5.40. The van der Waals surface area contributed by atoms with Crippen molar-refractivity contribution in [3.63, 3.8) is 0 Å². The Morgan fingerprint density at radius 2 is 1.76 bits per heavy atom. The zero-order chi connectivity index (χ0) is 12.8. The van der Waals surface area contributed by atoms with Crippen molar-refractivity contribution in [1.82, 2.24) is 0 Å². The number of methoxy groups -OCH3 is 1. The van der Waals surface area contributed by atoms with Gasteiger partial charge in [0.25, 0.3) is 0 Å². The summed E-state index contributed by atoms with van der Waals surface area (Å²) in [7, 11) is 1.60. The lowest BCUT2D eigenvalue weighted by Crippen LogP contribution is -2.16. The maximum absolute atomic E-state index is 8.99. The highest BCUT2D eigenvalue weighted by atomic mass is 16.5. The Morgan fingerprint density at radius 3 is 2.24 bits per heavy atom. The molecule has 0 saturated heterocycles. The minimum atomic E-state index is -0.264. The van der Waals surface area contributed by atoms with E-state index in [9.17, 15) is 0 Å². The van der Waals surface area contributed by atoms with Gasteiger partial charge in [0.1, 0.15) is 17.6 Å². The monoisotopic (exact) mass is 234 g/mol. The Hall–Kier alpha value is -1.74. The number of hydrogen-bond donors (Lipinski definition) is 1. The fraction of sp³-hybridized carbons (Fsp3) is 0.286. The smallest absolute Gasteiger partial charge is 0.127 e. The second-order valence-electron chi connectivity index (χ2n) is 3.65. The summed E-state index contributed by atoms with van der Waals surface area (Å²) in [6.07, 6.45) is 3.12. The van der Waals surface area contributed by atoms with Crippen molar-refractivity contribution in [2.45, 2.75) is 13.0 Å². The number of hydrogen-bond acceptors (Lipinski definition) is 3. The van der Waals surface area contributed by atoms with Crippen LogP contribution in [-0.2, 0) is 0 Å². The van der Waals surface area contributed by atoms with E-state index in [1.807, 2.05) is 12.1 Å². The molecule has 1 aromatic carbocycles. The molecule has 3 nitrogen and oxygen atoms in total. The van der Waals surface area contributed by atoms with Crippen LogP contribution in [-0.4, -0.2) is 24.9 Å². The van der Waals surface area contributed by atoms with Crippen LogP contribution < -0.4 is 9.47 Å². The van der Waals surface area contributed by atoms with Crippen molar-refractivity contribution in [2.24, 2.45) is 0 Å². The normalized spacial score (nSPS) is 11.7. The molecule has 1 unspecified atom stereocenters. The van der Waals surface area contributed by atoms with Crippen molar-refractivity contribution in [3.8, 4) is 11.5 Å². The van der Waals surface area contributed by atoms with Crippen LogP contribution in [0.3, 0.4) is 0 Å². The second-order valence-corrected chi connectivity index (χ2v) is 3.65. The van der Waals surface area contributed by atoms with E-state index in [4.69, 9.17) is 14.6 Å². The zero-order valence-corrected chi connectivity index (χ0v) is 10.3. The molecule has 0 aliphatic heterocycles. The fourth-order valence-electron chi connectivity index (χ4n) is 1.44. The largest absolute Gasteiger partial charge is 0.496 e. The van der Waals surface area contributed by atoms with E-state index in [0.717, 1.165) is 16.9 Å². The fourth-order valence-corrected chi connectivity index (χ4v) is 1.44. The highest BCUT2D eigenvalue weighted by Gasteiger charge is 2.10. The van der Waals surface area contributed by atoms with Crippen LogP contribution in [0.2, 0.25) is 0 Å². The molecule has 1 aromatic rings. The summed E-state index contributed by atoms with van der Waals surface area (Å²) in [6.45, 7) is 9.22. The lowest BCUT2D eigenvalue weighted by atomic mass is 10.1. The first kappa shape index (κ1) is 13.3. The van der Waals surface area contributed by atoms with Crippen molar-refractivity contribution >= 4 is 12.2 Å². The average molecular weight is 234 g/mol. The number of ether oxygens (including phenoxy) is 2. The first-order valence-electron chi connectivity index (χ1n) is 5.40. The number of rotatable bonds is 6. The lowest BCUT2D eigenvalue weighted by molar-refractivity contribution is 0.129. The Balaban J connectivity index is 3.18. The molecule has 0 radical (unpaired) electrons. The van der Waals surface area contributed by atoms with Crippen LogP contribution in [0.25, 0.3) is 12.2 Å². The van der Waals surface area contributed by atoms with Gasteiger partial charge in [0, 0.05) is 11.1 Å². The summed E-state index contributed by atoms with van der Waals surface area (Å²) < 4.78 is 10.8. The Kier molecular flexibility index (Phi) is 4.79. The molecule has 17 heavy (non-hydrogen) atoms. The molecule has 3 heteroatoms. The number of aliphatic hydroxyl groups is 1. The van der Waals surface area contributed by atoms with E-state index in [1.165, 1.54) is 0 Å². The summed E-state index contributed by atoms with van der Waals surface area (Å²) in [5, 5.41) is 8.99. The average Bonchev–Trinajstić information content (AvgIpc) is 2.37. The molecule has 1 N–H and O–H groups in total. The lowest BCUT2D eigenvalue weighted by Gasteiger charge is -2.16. The Labute approximate surface area is 102 Å². The van der Waals surface area contributed by atoms with Gasteiger partial charge in [0.2, 0.25) is 0 Å². The van der Waals surface area contributed by atoms with Gasteiger partial charge in [-0.25, -0.2) is 0 Å². The molecule has 0 aromatic heterocycles. The third kappa shape index (κ3) is 3.11. The highest BCUT2D eigenvalue weighted by Crippen LogP contribution is 2.31. The number of aliphatic hydroxyl groups excluding tert-OH is 1. The van der Waals surface area contributed by atoms with Crippen molar-refractivity contribution in [3.05, 3.63) is 36.4 Å². The van der Waals surface area contributed by atoms with Gasteiger partial charge in [-0.2, -0.15) is 0 Å². The summed E-state index contributed by atoms with van der Waals surface area (Å²) >= 11 is 0. The van der Waals surface area contributed by atoms with Crippen molar-refractivity contribution in [2.75, 3.05) is 13.7 Å². The first-order chi connectivity index (χ1) is 8.15.